The summed E-state index contributed by atoms with van der Waals surface area (Å²) >= 11 is 0. The highest BCUT2D eigenvalue weighted by Gasteiger charge is 2.28. The zero-order valence-corrected chi connectivity index (χ0v) is 13.3. The van der Waals surface area contributed by atoms with Gasteiger partial charge in [-0.05, 0) is 31.2 Å². The van der Waals surface area contributed by atoms with Crippen molar-refractivity contribution in [1.29, 1.82) is 0 Å². The van der Waals surface area contributed by atoms with Crippen molar-refractivity contribution >= 4 is 16.9 Å². The molecule has 0 spiro atoms. The van der Waals surface area contributed by atoms with Gasteiger partial charge in [0.2, 0.25) is 0 Å². The molecule has 3 heterocycles. The Hall–Kier alpha value is -2.80. The van der Waals surface area contributed by atoms with Crippen LogP contribution in [0.25, 0.3) is 11.0 Å². The zero-order valence-electron chi connectivity index (χ0n) is 13.3. The van der Waals surface area contributed by atoms with Gasteiger partial charge >= 0.3 is 0 Å². The van der Waals surface area contributed by atoms with E-state index in [0.717, 1.165) is 16.7 Å². The number of ether oxygens (including phenoxy) is 1. The highest BCUT2D eigenvalue weighted by atomic mass is 16.5. The van der Waals surface area contributed by atoms with Crippen LogP contribution in [-0.4, -0.2) is 50.4 Å². The third-order valence-electron chi connectivity index (χ3n) is 4.12. The SMILES string of the molecule is Cc1ccnc([C@@H]2CN(C(=O)c3ccc4nc[nH]c4c3)CCO2)n1. The number of hydrogen-bond donors (Lipinski definition) is 1. The van der Waals surface area contributed by atoms with Gasteiger partial charge in [-0.3, -0.25) is 4.79 Å². The van der Waals surface area contributed by atoms with Crippen LogP contribution in [-0.2, 0) is 4.74 Å². The summed E-state index contributed by atoms with van der Waals surface area (Å²) in [6.07, 6.45) is 3.05. The number of amides is 1. The molecule has 1 saturated heterocycles. The van der Waals surface area contributed by atoms with Crippen LogP contribution >= 0.6 is 0 Å². The first-order chi connectivity index (χ1) is 11.7. The van der Waals surface area contributed by atoms with Crippen molar-refractivity contribution in [3.05, 3.63) is 53.9 Å². The summed E-state index contributed by atoms with van der Waals surface area (Å²) in [6, 6.07) is 7.33. The lowest BCUT2D eigenvalue weighted by molar-refractivity contribution is -0.0268. The second-order valence-electron chi connectivity index (χ2n) is 5.80. The molecule has 0 bridgehead atoms. The Morgan fingerprint density at radius 3 is 3.12 bits per heavy atom. The first-order valence-electron chi connectivity index (χ1n) is 7.84. The molecule has 122 valence electrons. The highest BCUT2D eigenvalue weighted by molar-refractivity contribution is 5.97. The molecule has 3 aromatic rings. The van der Waals surface area contributed by atoms with E-state index >= 15 is 0 Å². The fourth-order valence-corrected chi connectivity index (χ4v) is 2.86. The monoisotopic (exact) mass is 323 g/mol. The van der Waals surface area contributed by atoms with Gasteiger partial charge in [-0.15, -0.1) is 0 Å². The molecular weight excluding hydrogens is 306 g/mol. The Balaban J connectivity index is 1.55. The average molecular weight is 323 g/mol. The molecule has 4 rings (SSSR count). The summed E-state index contributed by atoms with van der Waals surface area (Å²) in [7, 11) is 0. The van der Waals surface area contributed by atoms with Crippen molar-refractivity contribution < 1.29 is 9.53 Å². The number of benzene rings is 1. The second kappa shape index (κ2) is 6.01. The number of nitrogens with zero attached hydrogens (tertiary/aromatic N) is 4. The minimum atomic E-state index is -0.293. The molecular formula is C17H17N5O2. The van der Waals surface area contributed by atoms with Gasteiger partial charge in [0.25, 0.3) is 5.91 Å². The van der Waals surface area contributed by atoms with Crippen LogP contribution in [0.15, 0.2) is 36.8 Å². The van der Waals surface area contributed by atoms with Crippen LogP contribution in [0.4, 0.5) is 0 Å². The molecule has 1 amide bonds. The van der Waals surface area contributed by atoms with Gasteiger partial charge in [-0.1, -0.05) is 0 Å². The Labute approximate surface area is 138 Å². The number of aryl methyl sites for hydroxylation is 1. The summed E-state index contributed by atoms with van der Waals surface area (Å²) < 4.78 is 5.76. The predicted molar refractivity (Wildman–Crippen MR) is 87.5 cm³/mol. The van der Waals surface area contributed by atoms with Crippen molar-refractivity contribution in [3.8, 4) is 0 Å². The van der Waals surface area contributed by atoms with Crippen LogP contribution in [0.3, 0.4) is 0 Å². The Morgan fingerprint density at radius 1 is 1.33 bits per heavy atom. The molecule has 2 aromatic heterocycles. The van der Waals surface area contributed by atoms with E-state index in [1.807, 2.05) is 25.1 Å². The number of nitrogens with one attached hydrogen (secondary N) is 1. The lowest BCUT2D eigenvalue weighted by Gasteiger charge is -2.32. The first-order valence-corrected chi connectivity index (χ1v) is 7.84. The molecule has 24 heavy (non-hydrogen) atoms. The lowest BCUT2D eigenvalue weighted by Crippen LogP contribution is -2.42. The van der Waals surface area contributed by atoms with Crippen LogP contribution in [0.2, 0.25) is 0 Å². The topological polar surface area (TPSA) is 84.0 Å². The maximum atomic E-state index is 12.8. The van der Waals surface area contributed by atoms with E-state index in [-0.39, 0.29) is 12.0 Å². The Kier molecular flexibility index (Phi) is 3.70. The number of imidazole rings is 1. The molecule has 1 N–H and O–H groups in total. The fraction of sp³-hybridized carbons (Fsp3) is 0.294. The number of morpholine rings is 1. The number of aromatic amines is 1. The Bertz CT molecular complexity index is 891. The van der Waals surface area contributed by atoms with Crippen LogP contribution < -0.4 is 0 Å². The summed E-state index contributed by atoms with van der Waals surface area (Å²) in [5, 5.41) is 0. The predicted octanol–water partition coefficient (Wildman–Crippen LogP) is 1.88. The number of carbonyl (C=O) groups is 1. The smallest absolute Gasteiger partial charge is 0.254 e. The largest absolute Gasteiger partial charge is 0.367 e. The van der Waals surface area contributed by atoms with Crippen molar-refractivity contribution in [2.75, 3.05) is 19.7 Å². The summed E-state index contributed by atoms with van der Waals surface area (Å²) in [5.41, 5.74) is 3.22. The third-order valence-corrected chi connectivity index (χ3v) is 4.12. The Morgan fingerprint density at radius 2 is 2.25 bits per heavy atom. The van der Waals surface area contributed by atoms with Crippen LogP contribution in [0.1, 0.15) is 28.0 Å². The van der Waals surface area contributed by atoms with Gasteiger partial charge in [-0.2, -0.15) is 0 Å². The van der Waals surface area contributed by atoms with Gasteiger partial charge in [0.15, 0.2) is 5.82 Å². The van der Waals surface area contributed by atoms with Crippen LogP contribution in [0, 0.1) is 6.92 Å². The zero-order chi connectivity index (χ0) is 16.5. The number of rotatable bonds is 2. The maximum absolute atomic E-state index is 12.8. The quantitative estimate of drug-likeness (QED) is 0.778. The standard InChI is InChI=1S/C17H17N5O2/c1-11-4-5-18-16(21-11)15-9-22(6-7-24-15)17(23)12-2-3-13-14(8-12)20-10-19-13/h2-5,8,10,15H,6-7,9H2,1H3,(H,19,20)/t15-/m0/s1. The van der Waals surface area contributed by atoms with Gasteiger partial charge < -0.3 is 14.6 Å². The van der Waals surface area contributed by atoms with Crippen molar-refractivity contribution in [3.63, 3.8) is 0 Å². The second-order valence-corrected chi connectivity index (χ2v) is 5.80. The van der Waals surface area contributed by atoms with E-state index in [4.69, 9.17) is 4.74 Å². The maximum Gasteiger partial charge on any atom is 0.254 e. The summed E-state index contributed by atoms with van der Waals surface area (Å²) in [4.78, 5) is 30.5. The number of carbonyl (C=O) groups excluding carboxylic acids is 1. The van der Waals surface area contributed by atoms with Gasteiger partial charge in [0, 0.05) is 24.0 Å². The van der Waals surface area contributed by atoms with E-state index in [0.29, 0.717) is 31.1 Å². The van der Waals surface area contributed by atoms with Gasteiger partial charge in [-0.25, -0.2) is 15.0 Å². The molecule has 1 atom stereocenters. The van der Waals surface area contributed by atoms with Crippen molar-refractivity contribution in [2.24, 2.45) is 0 Å². The number of aromatic nitrogens is 4. The fourth-order valence-electron chi connectivity index (χ4n) is 2.86. The molecule has 1 aromatic carbocycles. The number of H-pyrrole nitrogens is 1. The molecule has 0 unspecified atom stereocenters. The normalized spacial score (nSPS) is 18.0. The minimum Gasteiger partial charge on any atom is -0.367 e. The molecule has 1 aliphatic rings. The molecule has 0 radical (unpaired) electrons. The minimum absolute atomic E-state index is 0.0209. The molecule has 0 saturated carbocycles. The van der Waals surface area contributed by atoms with E-state index in [2.05, 4.69) is 19.9 Å². The van der Waals surface area contributed by atoms with Crippen LogP contribution in [0.5, 0.6) is 0 Å². The summed E-state index contributed by atoms with van der Waals surface area (Å²) in [5.74, 6) is 0.601. The molecule has 7 heteroatoms. The summed E-state index contributed by atoms with van der Waals surface area (Å²) in [6.45, 7) is 3.39. The number of hydrogen-bond acceptors (Lipinski definition) is 5. The van der Waals surface area contributed by atoms with E-state index in [9.17, 15) is 4.79 Å². The lowest BCUT2D eigenvalue weighted by atomic mass is 10.1. The molecule has 0 aliphatic carbocycles. The number of fused-ring (bicyclic) bond motifs is 1. The van der Waals surface area contributed by atoms with Crippen molar-refractivity contribution in [2.45, 2.75) is 13.0 Å². The first kappa shape index (κ1) is 14.8. The highest BCUT2D eigenvalue weighted by Crippen LogP contribution is 2.21. The molecule has 1 aliphatic heterocycles. The van der Waals surface area contributed by atoms with Crippen molar-refractivity contribution in [1.82, 2.24) is 24.8 Å². The van der Waals surface area contributed by atoms with Gasteiger partial charge in [0.05, 0.1) is 30.5 Å². The average Bonchev–Trinajstić information content (AvgIpc) is 3.09. The third kappa shape index (κ3) is 2.74. The van der Waals surface area contributed by atoms with E-state index < -0.39 is 0 Å². The van der Waals surface area contributed by atoms with E-state index in [1.54, 1.807) is 23.5 Å². The molecule has 7 nitrogen and oxygen atoms in total. The van der Waals surface area contributed by atoms with E-state index in [1.165, 1.54) is 0 Å². The molecule has 1 fully saturated rings. The van der Waals surface area contributed by atoms with Gasteiger partial charge in [0.1, 0.15) is 6.10 Å².